The van der Waals surface area contributed by atoms with Gasteiger partial charge in [-0.3, -0.25) is 9.69 Å². The lowest BCUT2D eigenvalue weighted by Gasteiger charge is -2.42. The lowest BCUT2D eigenvalue weighted by atomic mass is 9.91. The van der Waals surface area contributed by atoms with E-state index in [2.05, 4.69) is 55.7 Å². The molecule has 0 radical (unpaired) electrons. The van der Waals surface area contributed by atoms with Crippen molar-refractivity contribution < 1.29 is 4.79 Å². The molecule has 1 aliphatic carbocycles. The number of hydrogen-bond donors (Lipinski definition) is 2. The fourth-order valence-electron chi connectivity index (χ4n) is 4.16. The molecule has 1 fully saturated rings. The summed E-state index contributed by atoms with van der Waals surface area (Å²) in [6.45, 7) is 4.28. The van der Waals surface area contributed by atoms with Crippen LogP contribution in [0.2, 0.25) is 0 Å². The smallest absolute Gasteiger partial charge is 0.241 e. The maximum Gasteiger partial charge on any atom is 0.241 e. The molecule has 136 valence electrons. The quantitative estimate of drug-likeness (QED) is 0.808. The average molecular weight is 414 g/mol. The summed E-state index contributed by atoms with van der Waals surface area (Å²) >= 11 is 3.46. The van der Waals surface area contributed by atoms with Gasteiger partial charge in [0.2, 0.25) is 5.91 Å². The molecule has 1 saturated heterocycles. The zero-order valence-electron chi connectivity index (χ0n) is 14.8. The van der Waals surface area contributed by atoms with Crippen LogP contribution in [0.25, 0.3) is 0 Å². The van der Waals surface area contributed by atoms with Crippen LogP contribution >= 0.6 is 15.9 Å². The number of carbonyl (C=O) groups excluding carboxylic acids is 1. The molecule has 2 aromatic rings. The van der Waals surface area contributed by atoms with Crippen LogP contribution in [0.15, 0.2) is 53.0 Å². The molecule has 26 heavy (non-hydrogen) atoms. The van der Waals surface area contributed by atoms with Crippen molar-refractivity contribution in [3.63, 3.8) is 0 Å². The first-order valence-electron chi connectivity index (χ1n) is 9.23. The van der Waals surface area contributed by atoms with Gasteiger partial charge in [0.15, 0.2) is 0 Å². The summed E-state index contributed by atoms with van der Waals surface area (Å²) in [5.41, 5.74) is 3.28. The van der Waals surface area contributed by atoms with Gasteiger partial charge in [-0.1, -0.05) is 52.3 Å². The Labute approximate surface area is 163 Å². The zero-order chi connectivity index (χ0) is 18.0. The Hall–Kier alpha value is -1.69. The molecule has 4 nitrogen and oxygen atoms in total. The third kappa shape index (κ3) is 3.43. The van der Waals surface area contributed by atoms with Crippen molar-refractivity contribution >= 4 is 21.8 Å². The summed E-state index contributed by atoms with van der Waals surface area (Å²) in [6, 6.07) is 16.6. The van der Waals surface area contributed by atoms with E-state index in [0.29, 0.717) is 6.54 Å². The van der Waals surface area contributed by atoms with E-state index in [9.17, 15) is 4.79 Å². The first-order valence-corrected chi connectivity index (χ1v) is 10.0. The average Bonchev–Trinajstić information content (AvgIpc) is 3.09. The summed E-state index contributed by atoms with van der Waals surface area (Å²) in [6.07, 6.45) is 1.60. The summed E-state index contributed by atoms with van der Waals surface area (Å²) in [7, 11) is 0. The monoisotopic (exact) mass is 413 g/mol. The van der Waals surface area contributed by atoms with Crippen LogP contribution in [0.1, 0.15) is 16.7 Å². The third-order valence-corrected chi connectivity index (χ3v) is 6.12. The van der Waals surface area contributed by atoms with Gasteiger partial charge in [-0.15, -0.1) is 0 Å². The molecule has 2 N–H and O–H groups in total. The molecule has 0 atom stereocenters. The first kappa shape index (κ1) is 17.7. The van der Waals surface area contributed by atoms with Crippen LogP contribution in [0.4, 0.5) is 0 Å². The second-order valence-electron chi connectivity index (χ2n) is 7.20. The molecule has 2 aromatic carbocycles. The molecule has 4 rings (SSSR count). The molecular weight excluding hydrogens is 390 g/mol. The molecule has 0 spiro atoms. The van der Waals surface area contributed by atoms with Crippen molar-refractivity contribution in [1.29, 1.82) is 0 Å². The number of hydrogen-bond acceptors (Lipinski definition) is 3. The van der Waals surface area contributed by atoms with Crippen molar-refractivity contribution in [2.24, 2.45) is 0 Å². The highest BCUT2D eigenvalue weighted by Crippen LogP contribution is 2.35. The maximum absolute atomic E-state index is 13.4. The number of rotatable bonds is 4. The lowest BCUT2D eigenvalue weighted by Crippen LogP contribution is -2.63. The first-order chi connectivity index (χ1) is 12.7. The van der Waals surface area contributed by atoms with E-state index in [-0.39, 0.29) is 5.91 Å². The summed E-state index contributed by atoms with van der Waals surface area (Å²) in [5, 5.41) is 6.62. The van der Waals surface area contributed by atoms with Crippen LogP contribution in [0.3, 0.4) is 0 Å². The van der Waals surface area contributed by atoms with Crippen molar-refractivity contribution in [2.75, 3.05) is 26.2 Å². The van der Waals surface area contributed by atoms with Gasteiger partial charge in [0.25, 0.3) is 0 Å². The Kier molecular flexibility index (Phi) is 5.11. The lowest BCUT2D eigenvalue weighted by molar-refractivity contribution is -0.134. The van der Waals surface area contributed by atoms with E-state index in [0.717, 1.165) is 49.1 Å². The van der Waals surface area contributed by atoms with Gasteiger partial charge in [-0.05, 0) is 28.8 Å². The number of nitrogens with one attached hydrogen (secondary N) is 2. The summed E-state index contributed by atoms with van der Waals surface area (Å²) in [4.78, 5) is 15.8. The van der Waals surface area contributed by atoms with E-state index in [1.807, 2.05) is 24.3 Å². The van der Waals surface area contributed by atoms with Crippen molar-refractivity contribution in [3.05, 3.63) is 69.7 Å². The van der Waals surface area contributed by atoms with Crippen LogP contribution in [0, 0.1) is 0 Å². The normalized spacial score (nSPS) is 19.1. The van der Waals surface area contributed by atoms with Crippen LogP contribution in [0.5, 0.6) is 0 Å². The molecule has 2 aliphatic rings. The van der Waals surface area contributed by atoms with Gasteiger partial charge in [0, 0.05) is 50.0 Å². The van der Waals surface area contributed by atoms with Gasteiger partial charge in [0.1, 0.15) is 5.54 Å². The van der Waals surface area contributed by atoms with Gasteiger partial charge in [-0.25, -0.2) is 0 Å². The predicted molar refractivity (Wildman–Crippen MR) is 107 cm³/mol. The summed E-state index contributed by atoms with van der Waals surface area (Å²) < 4.78 is 1.05. The highest BCUT2D eigenvalue weighted by molar-refractivity contribution is 9.10. The van der Waals surface area contributed by atoms with Gasteiger partial charge < -0.3 is 10.6 Å². The zero-order valence-corrected chi connectivity index (χ0v) is 16.4. The molecule has 1 heterocycles. The molecule has 0 unspecified atom stereocenters. The number of benzene rings is 2. The van der Waals surface area contributed by atoms with Gasteiger partial charge >= 0.3 is 0 Å². The van der Waals surface area contributed by atoms with E-state index >= 15 is 0 Å². The summed E-state index contributed by atoms with van der Waals surface area (Å²) in [5.74, 6) is 0.151. The Morgan fingerprint density at radius 1 is 1.04 bits per heavy atom. The molecule has 1 aliphatic heterocycles. The van der Waals surface area contributed by atoms with Crippen molar-refractivity contribution in [2.45, 2.75) is 24.9 Å². The highest BCUT2D eigenvalue weighted by atomic mass is 79.9. The molecule has 5 heteroatoms. The van der Waals surface area contributed by atoms with E-state index in [1.54, 1.807) is 0 Å². The Morgan fingerprint density at radius 2 is 1.65 bits per heavy atom. The van der Waals surface area contributed by atoms with Crippen LogP contribution < -0.4 is 10.6 Å². The van der Waals surface area contributed by atoms with E-state index in [4.69, 9.17) is 0 Å². The number of piperazine rings is 1. The highest BCUT2D eigenvalue weighted by Gasteiger charge is 2.48. The number of nitrogens with zero attached hydrogens (tertiary/aromatic N) is 1. The SMILES string of the molecule is O=C(NCc1ccc(Br)cc1)C1(N2CCNCC2)Cc2ccccc2C1. The van der Waals surface area contributed by atoms with Crippen molar-refractivity contribution in [1.82, 2.24) is 15.5 Å². The number of fused-ring (bicyclic) bond motifs is 1. The predicted octanol–water partition coefficient (Wildman–Crippen LogP) is 2.51. The molecule has 0 aromatic heterocycles. The third-order valence-electron chi connectivity index (χ3n) is 5.60. The molecular formula is C21H24BrN3O. The largest absolute Gasteiger partial charge is 0.350 e. The fraction of sp³-hybridized carbons (Fsp3) is 0.381. The van der Waals surface area contributed by atoms with Gasteiger partial charge in [-0.2, -0.15) is 0 Å². The topological polar surface area (TPSA) is 44.4 Å². The number of carbonyl (C=O) groups is 1. The fourth-order valence-corrected chi connectivity index (χ4v) is 4.43. The molecule has 1 amide bonds. The van der Waals surface area contributed by atoms with E-state index in [1.165, 1.54) is 11.1 Å². The molecule has 0 saturated carbocycles. The minimum atomic E-state index is -0.457. The Morgan fingerprint density at radius 3 is 2.27 bits per heavy atom. The minimum absolute atomic E-state index is 0.151. The Balaban J connectivity index is 1.55. The van der Waals surface area contributed by atoms with Gasteiger partial charge in [0.05, 0.1) is 0 Å². The second-order valence-corrected chi connectivity index (χ2v) is 8.12. The van der Waals surface area contributed by atoms with Crippen LogP contribution in [-0.2, 0) is 24.2 Å². The Bertz CT molecular complexity index is 759. The van der Waals surface area contributed by atoms with E-state index < -0.39 is 5.54 Å². The van der Waals surface area contributed by atoms with Crippen molar-refractivity contribution in [3.8, 4) is 0 Å². The number of amides is 1. The standard InChI is InChI=1S/C21H24BrN3O/c22-19-7-5-16(6-8-19)15-24-20(26)21(25-11-9-23-10-12-25)13-17-3-1-2-4-18(17)14-21/h1-8,23H,9-15H2,(H,24,26). The van der Waals surface area contributed by atoms with Crippen LogP contribution in [-0.4, -0.2) is 42.5 Å². The number of halogens is 1. The minimum Gasteiger partial charge on any atom is -0.350 e. The second kappa shape index (κ2) is 7.51. The molecule has 0 bridgehead atoms. The maximum atomic E-state index is 13.4.